The summed E-state index contributed by atoms with van der Waals surface area (Å²) in [6.07, 6.45) is 4.31. The molecule has 116 valence electrons. The average molecular weight is 309 g/mol. The van der Waals surface area contributed by atoms with E-state index in [2.05, 4.69) is 15.3 Å². The van der Waals surface area contributed by atoms with Gasteiger partial charge in [0.15, 0.2) is 0 Å². The van der Waals surface area contributed by atoms with E-state index in [9.17, 15) is 9.18 Å². The van der Waals surface area contributed by atoms with Crippen molar-refractivity contribution >= 4 is 11.6 Å². The van der Waals surface area contributed by atoms with Gasteiger partial charge in [0, 0.05) is 12.1 Å². The highest BCUT2D eigenvalue weighted by Gasteiger charge is 2.04. The molecule has 3 aromatic rings. The maximum absolute atomic E-state index is 12.8. The number of anilines is 1. The minimum absolute atomic E-state index is 0.0661. The highest BCUT2D eigenvalue weighted by atomic mass is 19.1. The van der Waals surface area contributed by atoms with Gasteiger partial charge in [-0.15, -0.1) is 0 Å². The zero-order valence-corrected chi connectivity index (χ0v) is 12.4. The van der Waals surface area contributed by atoms with Crippen molar-refractivity contribution in [2.45, 2.75) is 12.8 Å². The van der Waals surface area contributed by atoms with Crippen LogP contribution in [0.4, 0.5) is 10.1 Å². The second kappa shape index (κ2) is 6.87. The molecule has 5 heteroatoms. The third-order valence-corrected chi connectivity index (χ3v) is 3.53. The second-order valence-electron chi connectivity index (χ2n) is 5.22. The van der Waals surface area contributed by atoms with Gasteiger partial charge >= 0.3 is 0 Å². The molecule has 0 bridgehead atoms. The molecule has 0 aliphatic rings. The molecular weight excluding hydrogens is 293 g/mol. The molecule has 0 saturated heterocycles. The van der Waals surface area contributed by atoms with Crippen molar-refractivity contribution < 1.29 is 9.18 Å². The van der Waals surface area contributed by atoms with Gasteiger partial charge in [0.2, 0.25) is 5.91 Å². The van der Waals surface area contributed by atoms with Crippen molar-refractivity contribution in [2.75, 3.05) is 5.32 Å². The van der Waals surface area contributed by atoms with Gasteiger partial charge in [0.05, 0.1) is 18.2 Å². The Hall–Kier alpha value is -2.95. The SMILES string of the molecule is O=C(CCc1ccc(F)cc1)Nc1ccc(-c2cnc[nH]2)cc1. The summed E-state index contributed by atoms with van der Waals surface area (Å²) in [6, 6.07) is 13.7. The molecular formula is C18H16FN3O. The lowest BCUT2D eigenvalue weighted by Gasteiger charge is -2.06. The fourth-order valence-electron chi connectivity index (χ4n) is 2.28. The van der Waals surface area contributed by atoms with Gasteiger partial charge in [-0.2, -0.15) is 0 Å². The van der Waals surface area contributed by atoms with Gasteiger partial charge in [-0.25, -0.2) is 9.37 Å². The van der Waals surface area contributed by atoms with Crippen LogP contribution in [0.15, 0.2) is 61.1 Å². The molecule has 4 nitrogen and oxygen atoms in total. The summed E-state index contributed by atoms with van der Waals surface area (Å²) in [7, 11) is 0. The number of aryl methyl sites for hydroxylation is 1. The van der Waals surface area contributed by atoms with Crippen molar-refractivity contribution in [1.29, 1.82) is 0 Å². The fourth-order valence-corrected chi connectivity index (χ4v) is 2.28. The number of nitrogens with zero attached hydrogens (tertiary/aromatic N) is 1. The summed E-state index contributed by atoms with van der Waals surface area (Å²) < 4.78 is 12.8. The normalized spacial score (nSPS) is 10.5. The van der Waals surface area contributed by atoms with Crippen LogP contribution in [-0.4, -0.2) is 15.9 Å². The van der Waals surface area contributed by atoms with Crippen LogP contribution in [0, 0.1) is 5.82 Å². The summed E-state index contributed by atoms with van der Waals surface area (Å²) in [5.41, 5.74) is 3.62. The fraction of sp³-hybridized carbons (Fsp3) is 0.111. The highest BCUT2D eigenvalue weighted by molar-refractivity contribution is 5.91. The zero-order valence-electron chi connectivity index (χ0n) is 12.4. The van der Waals surface area contributed by atoms with E-state index in [1.807, 2.05) is 24.3 Å². The standard InChI is InChI=1S/C18H16FN3O/c19-15-6-1-13(2-7-15)3-10-18(23)22-16-8-4-14(5-9-16)17-11-20-12-21-17/h1-2,4-9,11-12H,3,10H2,(H,20,21)(H,22,23). The molecule has 2 aromatic carbocycles. The second-order valence-corrected chi connectivity index (χ2v) is 5.22. The number of hydrogen-bond donors (Lipinski definition) is 2. The molecule has 0 radical (unpaired) electrons. The highest BCUT2D eigenvalue weighted by Crippen LogP contribution is 2.19. The van der Waals surface area contributed by atoms with Gasteiger partial charge in [-0.05, 0) is 41.8 Å². The molecule has 1 amide bonds. The molecule has 0 aliphatic heterocycles. The van der Waals surface area contributed by atoms with Crippen LogP contribution in [0.1, 0.15) is 12.0 Å². The number of halogens is 1. The molecule has 0 saturated carbocycles. The average Bonchev–Trinajstić information content (AvgIpc) is 3.09. The minimum atomic E-state index is -0.268. The number of benzene rings is 2. The van der Waals surface area contributed by atoms with Crippen LogP contribution < -0.4 is 5.32 Å². The lowest BCUT2D eigenvalue weighted by atomic mass is 10.1. The number of imidazole rings is 1. The molecule has 3 rings (SSSR count). The number of aromatic amines is 1. The van der Waals surface area contributed by atoms with Crippen LogP contribution in [-0.2, 0) is 11.2 Å². The van der Waals surface area contributed by atoms with E-state index in [1.54, 1.807) is 24.7 Å². The Morgan fingerprint density at radius 1 is 1.09 bits per heavy atom. The summed E-state index contributed by atoms with van der Waals surface area (Å²) in [4.78, 5) is 19.0. The molecule has 0 unspecified atom stereocenters. The number of amides is 1. The number of nitrogens with one attached hydrogen (secondary N) is 2. The van der Waals surface area contributed by atoms with E-state index >= 15 is 0 Å². The maximum atomic E-state index is 12.8. The Morgan fingerprint density at radius 3 is 2.48 bits per heavy atom. The van der Waals surface area contributed by atoms with Crippen molar-refractivity contribution in [3.8, 4) is 11.3 Å². The van der Waals surface area contributed by atoms with Gasteiger partial charge in [-0.1, -0.05) is 24.3 Å². The smallest absolute Gasteiger partial charge is 0.224 e. The molecule has 23 heavy (non-hydrogen) atoms. The van der Waals surface area contributed by atoms with Gasteiger partial charge in [0.1, 0.15) is 5.82 Å². The van der Waals surface area contributed by atoms with Crippen LogP contribution in [0.5, 0.6) is 0 Å². The molecule has 0 aliphatic carbocycles. The molecule has 1 heterocycles. The van der Waals surface area contributed by atoms with Crippen molar-refractivity contribution in [3.63, 3.8) is 0 Å². The quantitative estimate of drug-likeness (QED) is 0.753. The minimum Gasteiger partial charge on any atom is -0.345 e. The topological polar surface area (TPSA) is 57.8 Å². The van der Waals surface area contributed by atoms with Crippen molar-refractivity contribution in [1.82, 2.24) is 9.97 Å². The number of carbonyl (C=O) groups excluding carboxylic acids is 1. The Labute approximate surface area is 133 Å². The first kappa shape index (κ1) is 15.0. The van der Waals surface area contributed by atoms with Gasteiger partial charge < -0.3 is 10.3 Å². The number of H-pyrrole nitrogens is 1. The van der Waals surface area contributed by atoms with Crippen LogP contribution in [0.25, 0.3) is 11.3 Å². The Bertz CT molecular complexity index is 765. The third kappa shape index (κ3) is 4.03. The van der Waals surface area contributed by atoms with E-state index in [4.69, 9.17) is 0 Å². The number of aromatic nitrogens is 2. The first-order valence-corrected chi connectivity index (χ1v) is 7.34. The molecule has 2 N–H and O–H groups in total. The molecule has 0 atom stereocenters. The van der Waals surface area contributed by atoms with Gasteiger partial charge in [0.25, 0.3) is 0 Å². The third-order valence-electron chi connectivity index (χ3n) is 3.53. The molecule has 0 fully saturated rings. The summed E-state index contributed by atoms with van der Waals surface area (Å²) >= 11 is 0. The van der Waals surface area contributed by atoms with Crippen LogP contribution in [0.2, 0.25) is 0 Å². The van der Waals surface area contributed by atoms with Crippen molar-refractivity contribution in [3.05, 3.63) is 72.4 Å². The van der Waals surface area contributed by atoms with Gasteiger partial charge in [-0.3, -0.25) is 4.79 Å². The molecule has 1 aromatic heterocycles. The zero-order chi connectivity index (χ0) is 16.1. The summed E-state index contributed by atoms with van der Waals surface area (Å²) in [5.74, 6) is -0.334. The van der Waals surface area contributed by atoms with Crippen LogP contribution >= 0.6 is 0 Å². The Morgan fingerprint density at radius 2 is 1.83 bits per heavy atom. The monoisotopic (exact) mass is 309 g/mol. The lowest BCUT2D eigenvalue weighted by Crippen LogP contribution is -2.12. The number of rotatable bonds is 5. The number of hydrogen-bond acceptors (Lipinski definition) is 2. The first-order valence-electron chi connectivity index (χ1n) is 7.34. The van der Waals surface area contributed by atoms with E-state index in [0.29, 0.717) is 12.8 Å². The van der Waals surface area contributed by atoms with E-state index < -0.39 is 0 Å². The molecule has 0 spiro atoms. The summed E-state index contributed by atoms with van der Waals surface area (Å²) in [6.45, 7) is 0. The largest absolute Gasteiger partial charge is 0.345 e. The first-order chi connectivity index (χ1) is 11.2. The predicted molar refractivity (Wildman–Crippen MR) is 87.4 cm³/mol. The maximum Gasteiger partial charge on any atom is 0.224 e. The van der Waals surface area contributed by atoms with E-state index in [-0.39, 0.29) is 11.7 Å². The van der Waals surface area contributed by atoms with Crippen LogP contribution in [0.3, 0.4) is 0 Å². The van der Waals surface area contributed by atoms with Crippen molar-refractivity contribution in [2.24, 2.45) is 0 Å². The summed E-state index contributed by atoms with van der Waals surface area (Å²) in [5, 5.41) is 2.86. The number of carbonyl (C=O) groups is 1. The Kier molecular flexibility index (Phi) is 4.47. The van der Waals surface area contributed by atoms with E-state index in [0.717, 1.165) is 22.5 Å². The predicted octanol–water partition coefficient (Wildman–Crippen LogP) is 3.79. The van der Waals surface area contributed by atoms with E-state index in [1.165, 1.54) is 12.1 Å². The lowest BCUT2D eigenvalue weighted by molar-refractivity contribution is -0.116. The Balaban J connectivity index is 1.54.